The summed E-state index contributed by atoms with van der Waals surface area (Å²) in [6.45, 7) is 3.42. The maximum absolute atomic E-state index is 12.3. The largest absolute Gasteiger partial charge is 0.394 e. The smallest absolute Gasteiger partial charge is 0.223 e. The van der Waals surface area contributed by atoms with Crippen LogP contribution in [0.3, 0.4) is 0 Å². The number of aliphatic hydroxyl groups is 1. The van der Waals surface area contributed by atoms with E-state index < -0.39 is 6.10 Å². The zero-order chi connectivity index (χ0) is 16.7. The predicted octanol–water partition coefficient (Wildman–Crippen LogP) is -0.260. The highest BCUT2D eigenvalue weighted by Gasteiger charge is 2.31. The number of hydrogen-bond acceptors (Lipinski definition) is 5. The van der Waals surface area contributed by atoms with E-state index in [-0.39, 0.29) is 42.9 Å². The maximum atomic E-state index is 12.3. The monoisotopic (exact) mass is 326 g/mol. The van der Waals surface area contributed by atoms with Crippen LogP contribution in [0.1, 0.15) is 26.2 Å². The van der Waals surface area contributed by atoms with Crippen molar-refractivity contribution in [3.63, 3.8) is 0 Å². The summed E-state index contributed by atoms with van der Waals surface area (Å²) in [5, 5.41) is 15.1. The molecule has 7 heteroatoms. The molecule has 0 aromatic heterocycles. The van der Waals surface area contributed by atoms with Gasteiger partial charge in [-0.15, -0.1) is 0 Å². The molecule has 0 aliphatic carbocycles. The fourth-order valence-electron chi connectivity index (χ4n) is 2.83. The van der Waals surface area contributed by atoms with Crippen LogP contribution in [0.5, 0.6) is 0 Å². The van der Waals surface area contributed by atoms with Crippen molar-refractivity contribution in [2.75, 3.05) is 26.4 Å². The normalized spacial score (nSPS) is 28.3. The van der Waals surface area contributed by atoms with Gasteiger partial charge in [0.1, 0.15) is 6.10 Å². The first-order valence-electron chi connectivity index (χ1n) is 8.23. The van der Waals surface area contributed by atoms with Gasteiger partial charge in [-0.2, -0.15) is 0 Å². The Morgan fingerprint density at radius 3 is 2.65 bits per heavy atom. The van der Waals surface area contributed by atoms with Crippen molar-refractivity contribution in [1.29, 1.82) is 0 Å². The standard InChI is InChI=1S/C16H26N2O5/c1-2-17-15(20)9-12-3-4-13(14(10-19)23-12)18-16(21)11-5-7-22-8-6-11/h3-4,11-14,19H,2,5-10H2,1H3,(H,17,20)(H,18,21)/t12-,13+,14+/m0/s1. The molecule has 2 heterocycles. The molecule has 0 aromatic rings. The molecule has 3 atom stereocenters. The molecule has 0 spiro atoms. The lowest BCUT2D eigenvalue weighted by atomic mass is 9.97. The van der Waals surface area contributed by atoms with Crippen LogP contribution in [-0.2, 0) is 19.1 Å². The maximum Gasteiger partial charge on any atom is 0.223 e. The molecular formula is C16H26N2O5. The summed E-state index contributed by atoms with van der Waals surface area (Å²) in [5.74, 6) is -0.180. The van der Waals surface area contributed by atoms with E-state index in [0.717, 1.165) is 0 Å². The van der Waals surface area contributed by atoms with Crippen LogP contribution in [0.2, 0.25) is 0 Å². The van der Waals surface area contributed by atoms with Gasteiger partial charge in [-0.05, 0) is 19.8 Å². The van der Waals surface area contributed by atoms with E-state index in [9.17, 15) is 14.7 Å². The summed E-state index contributed by atoms with van der Waals surface area (Å²) in [6, 6.07) is -0.374. The summed E-state index contributed by atoms with van der Waals surface area (Å²) in [5.41, 5.74) is 0. The van der Waals surface area contributed by atoms with Gasteiger partial charge in [0.2, 0.25) is 11.8 Å². The van der Waals surface area contributed by atoms with Crippen molar-refractivity contribution in [3.8, 4) is 0 Å². The number of nitrogens with one attached hydrogen (secondary N) is 2. The van der Waals surface area contributed by atoms with Gasteiger partial charge in [0.25, 0.3) is 0 Å². The lowest BCUT2D eigenvalue weighted by Gasteiger charge is -2.33. The number of amides is 2. The summed E-state index contributed by atoms with van der Waals surface area (Å²) >= 11 is 0. The Kier molecular flexibility index (Phi) is 7.01. The molecule has 0 unspecified atom stereocenters. The third-order valence-corrected chi connectivity index (χ3v) is 4.12. The fraction of sp³-hybridized carbons (Fsp3) is 0.750. The molecule has 3 N–H and O–H groups in total. The molecule has 2 amide bonds. The number of hydrogen-bond donors (Lipinski definition) is 3. The minimum atomic E-state index is -0.539. The van der Waals surface area contributed by atoms with E-state index in [1.165, 1.54) is 0 Å². The highest BCUT2D eigenvalue weighted by atomic mass is 16.5. The number of rotatable bonds is 6. The van der Waals surface area contributed by atoms with Crippen LogP contribution in [0, 0.1) is 5.92 Å². The Balaban J connectivity index is 1.88. The minimum absolute atomic E-state index is 0.0350. The second kappa shape index (κ2) is 9.00. The van der Waals surface area contributed by atoms with Crippen LogP contribution >= 0.6 is 0 Å². The van der Waals surface area contributed by atoms with Crippen LogP contribution in [0.25, 0.3) is 0 Å². The van der Waals surface area contributed by atoms with E-state index >= 15 is 0 Å². The fourth-order valence-corrected chi connectivity index (χ4v) is 2.83. The van der Waals surface area contributed by atoms with Gasteiger partial charge < -0.3 is 25.2 Å². The van der Waals surface area contributed by atoms with E-state index in [1.54, 1.807) is 6.08 Å². The summed E-state index contributed by atoms with van der Waals surface area (Å²) in [4.78, 5) is 23.9. The quantitative estimate of drug-likeness (QED) is 0.584. The molecule has 23 heavy (non-hydrogen) atoms. The summed E-state index contributed by atoms with van der Waals surface area (Å²) < 4.78 is 11.0. The molecule has 0 bridgehead atoms. The molecule has 2 aliphatic heterocycles. The molecule has 1 fully saturated rings. The molecule has 130 valence electrons. The van der Waals surface area contributed by atoms with E-state index in [1.807, 2.05) is 13.0 Å². The average Bonchev–Trinajstić information content (AvgIpc) is 2.57. The Labute approximate surface area is 136 Å². The Hall–Kier alpha value is -1.44. The van der Waals surface area contributed by atoms with Gasteiger partial charge in [0.05, 0.1) is 25.2 Å². The highest BCUT2D eigenvalue weighted by Crippen LogP contribution is 2.19. The summed E-state index contributed by atoms with van der Waals surface area (Å²) in [6.07, 6.45) is 4.31. The molecule has 7 nitrogen and oxygen atoms in total. The number of ether oxygens (including phenoxy) is 2. The topological polar surface area (TPSA) is 96.9 Å². The predicted molar refractivity (Wildman–Crippen MR) is 83.7 cm³/mol. The van der Waals surface area contributed by atoms with Gasteiger partial charge in [-0.3, -0.25) is 9.59 Å². The van der Waals surface area contributed by atoms with Crippen LogP contribution in [0.15, 0.2) is 12.2 Å². The first-order chi connectivity index (χ1) is 11.1. The minimum Gasteiger partial charge on any atom is -0.394 e. The highest BCUT2D eigenvalue weighted by molar-refractivity contribution is 5.79. The number of carbonyl (C=O) groups excluding carboxylic acids is 2. The van der Waals surface area contributed by atoms with Crippen molar-refractivity contribution in [1.82, 2.24) is 10.6 Å². The second-order valence-corrected chi connectivity index (χ2v) is 5.86. The first kappa shape index (κ1) is 17.9. The van der Waals surface area contributed by atoms with Crippen LogP contribution in [-0.4, -0.2) is 61.5 Å². The molecule has 2 rings (SSSR count). The Morgan fingerprint density at radius 1 is 1.26 bits per heavy atom. The average molecular weight is 326 g/mol. The van der Waals surface area contributed by atoms with E-state index in [2.05, 4.69) is 10.6 Å². The zero-order valence-corrected chi connectivity index (χ0v) is 13.5. The van der Waals surface area contributed by atoms with Crippen LogP contribution < -0.4 is 10.6 Å². The van der Waals surface area contributed by atoms with Crippen LogP contribution in [0.4, 0.5) is 0 Å². The van der Waals surface area contributed by atoms with Crippen molar-refractivity contribution >= 4 is 11.8 Å². The zero-order valence-electron chi connectivity index (χ0n) is 13.5. The SMILES string of the molecule is CCNC(=O)C[C@@H]1C=C[C@@H](NC(=O)C2CCOCC2)[C@@H](CO)O1. The summed E-state index contributed by atoms with van der Waals surface area (Å²) in [7, 11) is 0. The van der Waals surface area contributed by atoms with Gasteiger partial charge >= 0.3 is 0 Å². The van der Waals surface area contributed by atoms with Crippen molar-refractivity contribution in [2.45, 2.75) is 44.4 Å². The van der Waals surface area contributed by atoms with Gasteiger partial charge in [-0.25, -0.2) is 0 Å². The Morgan fingerprint density at radius 2 is 2.00 bits per heavy atom. The molecule has 0 aromatic carbocycles. The number of carbonyl (C=O) groups is 2. The van der Waals surface area contributed by atoms with E-state index in [4.69, 9.17) is 9.47 Å². The lowest BCUT2D eigenvalue weighted by molar-refractivity contribution is -0.132. The second-order valence-electron chi connectivity index (χ2n) is 5.86. The van der Waals surface area contributed by atoms with Gasteiger partial charge in [0, 0.05) is 25.7 Å². The molecule has 0 radical (unpaired) electrons. The van der Waals surface area contributed by atoms with Crippen molar-refractivity contribution in [2.24, 2.45) is 5.92 Å². The van der Waals surface area contributed by atoms with Crippen molar-refractivity contribution < 1.29 is 24.2 Å². The molecule has 0 saturated carbocycles. The van der Waals surface area contributed by atoms with Gasteiger partial charge in [-0.1, -0.05) is 12.2 Å². The molecular weight excluding hydrogens is 300 g/mol. The van der Waals surface area contributed by atoms with Crippen molar-refractivity contribution in [3.05, 3.63) is 12.2 Å². The molecule has 2 aliphatic rings. The lowest BCUT2D eigenvalue weighted by Crippen LogP contribution is -2.50. The molecule has 1 saturated heterocycles. The Bertz CT molecular complexity index is 434. The third kappa shape index (κ3) is 5.30. The number of aliphatic hydroxyl groups excluding tert-OH is 1. The third-order valence-electron chi connectivity index (χ3n) is 4.12. The van der Waals surface area contributed by atoms with Gasteiger partial charge in [0.15, 0.2) is 0 Å². The van der Waals surface area contributed by atoms with E-state index in [0.29, 0.717) is 32.6 Å². The first-order valence-corrected chi connectivity index (χ1v) is 8.23.